The minimum absolute atomic E-state index is 0.189. The van der Waals surface area contributed by atoms with Crippen molar-refractivity contribution < 1.29 is 8.78 Å². The summed E-state index contributed by atoms with van der Waals surface area (Å²) >= 11 is 3.27. The third-order valence-corrected chi connectivity index (χ3v) is 2.68. The van der Waals surface area contributed by atoms with Crippen LogP contribution in [0.25, 0.3) is 0 Å². The van der Waals surface area contributed by atoms with Crippen LogP contribution in [-0.4, -0.2) is 4.98 Å². The molecule has 1 aromatic heterocycles. The number of aromatic nitrogens is 1. The van der Waals surface area contributed by atoms with Gasteiger partial charge in [-0.25, -0.2) is 13.8 Å². The van der Waals surface area contributed by atoms with E-state index in [1.807, 2.05) is 6.07 Å². The average molecular weight is 299 g/mol. The number of benzene rings is 1. The zero-order valence-electron chi connectivity index (χ0n) is 8.97. The summed E-state index contributed by atoms with van der Waals surface area (Å²) in [7, 11) is 0. The molecular formula is C12H9BrF2N2. The van der Waals surface area contributed by atoms with Gasteiger partial charge in [-0.05, 0) is 46.6 Å². The lowest BCUT2D eigenvalue weighted by molar-refractivity contribution is 0.590. The van der Waals surface area contributed by atoms with Crippen molar-refractivity contribution in [3.05, 3.63) is 52.1 Å². The molecule has 0 unspecified atom stereocenters. The van der Waals surface area contributed by atoms with Gasteiger partial charge in [0.25, 0.3) is 0 Å². The minimum atomic E-state index is -0.644. The predicted molar refractivity (Wildman–Crippen MR) is 66.3 cm³/mol. The zero-order chi connectivity index (χ0) is 12.4. The van der Waals surface area contributed by atoms with Crippen molar-refractivity contribution in [2.75, 3.05) is 5.32 Å². The first-order valence-corrected chi connectivity index (χ1v) is 5.70. The van der Waals surface area contributed by atoms with Gasteiger partial charge in [-0.15, -0.1) is 0 Å². The van der Waals surface area contributed by atoms with E-state index < -0.39 is 11.6 Å². The van der Waals surface area contributed by atoms with Gasteiger partial charge in [-0.3, -0.25) is 0 Å². The number of anilines is 2. The van der Waals surface area contributed by atoms with Crippen molar-refractivity contribution in [2.45, 2.75) is 6.92 Å². The molecule has 0 bridgehead atoms. The van der Waals surface area contributed by atoms with Crippen molar-refractivity contribution in [2.24, 2.45) is 0 Å². The largest absolute Gasteiger partial charge is 0.335 e. The van der Waals surface area contributed by atoms with Gasteiger partial charge in [0.1, 0.15) is 23.1 Å². The first-order valence-electron chi connectivity index (χ1n) is 4.91. The Morgan fingerprint density at radius 3 is 2.47 bits per heavy atom. The van der Waals surface area contributed by atoms with E-state index in [4.69, 9.17) is 0 Å². The van der Waals surface area contributed by atoms with Crippen LogP contribution < -0.4 is 5.32 Å². The Morgan fingerprint density at radius 1 is 1.24 bits per heavy atom. The lowest BCUT2D eigenvalue weighted by atomic mass is 10.2. The fraction of sp³-hybridized carbons (Fsp3) is 0.0833. The van der Waals surface area contributed by atoms with Crippen LogP contribution in [0.2, 0.25) is 0 Å². The monoisotopic (exact) mass is 298 g/mol. The Morgan fingerprint density at radius 2 is 1.88 bits per heavy atom. The molecule has 1 heterocycles. The van der Waals surface area contributed by atoms with E-state index in [9.17, 15) is 8.78 Å². The molecular weight excluding hydrogens is 290 g/mol. The molecule has 0 radical (unpaired) electrons. The van der Waals surface area contributed by atoms with Crippen molar-refractivity contribution in [3.63, 3.8) is 0 Å². The summed E-state index contributed by atoms with van der Waals surface area (Å²) in [6.07, 6.45) is 1.56. The van der Waals surface area contributed by atoms with Crippen LogP contribution in [0.4, 0.5) is 20.3 Å². The van der Waals surface area contributed by atoms with Crippen molar-refractivity contribution in [3.8, 4) is 0 Å². The van der Waals surface area contributed by atoms with E-state index >= 15 is 0 Å². The molecule has 2 rings (SSSR count). The molecule has 0 atom stereocenters. The average Bonchev–Trinajstić information content (AvgIpc) is 2.26. The molecule has 0 spiro atoms. The van der Waals surface area contributed by atoms with Gasteiger partial charge >= 0.3 is 0 Å². The Kier molecular flexibility index (Phi) is 3.38. The highest BCUT2D eigenvalue weighted by Crippen LogP contribution is 2.25. The van der Waals surface area contributed by atoms with Crippen molar-refractivity contribution in [1.82, 2.24) is 4.98 Å². The highest BCUT2D eigenvalue weighted by molar-refractivity contribution is 9.10. The number of aryl methyl sites for hydroxylation is 1. The molecule has 0 aliphatic rings. The molecule has 0 saturated heterocycles. The summed E-state index contributed by atoms with van der Waals surface area (Å²) in [5.41, 5.74) is 0.604. The molecule has 17 heavy (non-hydrogen) atoms. The summed E-state index contributed by atoms with van der Waals surface area (Å²) in [5.74, 6) is -0.861. The number of hydrogen-bond acceptors (Lipinski definition) is 2. The lowest BCUT2D eigenvalue weighted by Crippen LogP contribution is -2.00. The first kappa shape index (κ1) is 12.0. The number of hydrogen-bond donors (Lipinski definition) is 1. The molecule has 0 amide bonds. The van der Waals surface area contributed by atoms with Gasteiger partial charge in [0.15, 0.2) is 0 Å². The Bertz CT molecular complexity index is 538. The number of pyridine rings is 1. The first-order chi connectivity index (χ1) is 8.08. The Balaban J connectivity index is 2.38. The summed E-state index contributed by atoms with van der Waals surface area (Å²) in [6.45, 7) is 1.80. The molecule has 0 saturated carbocycles. The molecule has 0 aliphatic heterocycles. The van der Waals surface area contributed by atoms with Crippen molar-refractivity contribution >= 4 is 27.4 Å². The van der Waals surface area contributed by atoms with Crippen LogP contribution in [0, 0.1) is 18.6 Å². The number of para-hydroxylation sites is 1. The number of halogens is 3. The summed E-state index contributed by atoms with van der Waals surface area (Å²) in [4.78, 5) is 4.06. The molecule has 5 heteroatoms. The van der Waals surface area contributed by atoms with Gasteiger partial charge in [0, 0.05) is 10.7 Å². The zero-order valence-corrected chi connectivity index (χ0v) is 10.6. The van der Waals surface area contributed by atoms with Gasteiger partial charge < -0.3 is 5.32 Å². The Hall–Kier alpha value is -1.49. The van der Waals surface area contributed by atoms with E-state index in [0.29, 0.717) is 5.82 Å². The number of nitrogens with zero attached hydrogens (tertiary/aromatic N) is 1. The number of rotatable bonds is 2. The van der Waals surface area contributed by atoms with E-state index in [1.165, 1.54) is 18.2 Å². The highest BCUT2D eigenvalue weighted by atomic mass is 79.9. The molecule has 0 aliphatic carbocycles. The highest BCUT2D eigenvalue weighted by Gasteiger charge is 2.10. The van der Waals surface area contributed by atoms with E-state index in [-0.39, 0.29) is 5.69 Å². The molecule has 88 valence electrons. The van der Waals surface area contributed by atoms with Crippen LogP contribution >= 0.6 is 15.9 Å². The fourth-order valence-electron chi connectivity index (χ4n) is 1.41. The third-order valence-electron chi connectivity index (χ3n) is 2.25. The maximum absolute atomic E-state index is 13.4. The smallest absolute Gasteiger partial charge is 0.149 e. The fourth-order valence-corrected chi connectivity index (χ4v) is 1.85. The molecule has 1 aromatic carbocycles. The summed E-state index contributed by atoms with van der Waals surface area (Å²) < 4.78 is 27.6. The van der Waals surface area contributed by atoms with Gasteiger partial charge in [0.2, 0.25) is 0 Å². The molecule has 1 N–H and O–H groups in total. The van der Waals surface area contributed by atoms with Crippen molar-refractivity contribution in [1.29, 1.82) is 0 Å². The summed E-state index contributed by atoms with van der Waals surface area (Å²) in [6, 6.07) is 5.52. The third kappa shape index (κ3) is 2.61. The molecule has 0 fully saturated rings. The van der Waals surface area contributed by atoms with E-state index in [2.05, 4.69) is 26.2 Å². The maximum Gasteiger partial charge on any atom is 0.149 e. The quantitative estimate of drug-likeness (QED) is 0.900. The molecule has 2 nitrogen and oxygen atoms in total. The van der Waals surface area contributed by atoms with Gasteiger partial charge in [0.05, 0.1) is 0 Å². The second-order valence-electron chi connectivity index (χ2n) is 3.54. The van der Waals surface area contributed by atoms with E-state index in [0.717, 1.165) is 10.0 Å². The van der Waals surface area contributed by atoms with Crippen LogP contribution in [0.3, 0.4) is 0 Å². The second-order valence-corrected chi connectivity index (χ2v) is 4.46. The van der Waals surface area contributed by atoms with Crippen LogP contribution in [-0.2, 0) is 0 Å². The van der Waals surface area contributed by atoms with Crippen LogP contribution in [0.15, 0.2) is 34.9 Å². The van der Waals surface area contributed by atoms with Gasteiger partial charge in [-0.2, -0.15) is 0 Å². The normalized spacial score (nSPS) is 10.4. The lowest BCUT2D eigenvalue weighted by Gasteiger charge is -2.10. The SMILES string of the molecule is Cc1cc(Br)cnc1Nc1c(F)cccc1F. The van der Waals surface area contributed by atoms with Crippen LogP contribution in [0.5, 0.6) is 0 Å². The second kappa shape index (κ2) is 4.79. The number of nitrogens with one attached hydrogen (secondary N) is 1. The van der Waals surface area contributed by atoms with Crippen LogP contribution in [0.1, 0.15) is 5.56 Å². The Labute approximate surface area is 106 Å². The minimum Gasteiger partial charge on any atom is -0.335 e. The summed E-state index contributed by atoms with van der Waals surface area (Å²) in [5, 5.41) is 2.65. The standard InChI is InChI=1S/C12H9BrF2N2/c1-7-5-8(13)6-16-12(7)17-11-9(14)3-2-4-10(11)15/h2-6H,1H3,(H,16,17). The molecule has 2 aromatic rings. The maximum atomic E-state index is 13.4. The predicted octanol–water partition coefficient (Wildman–Crippen LogP) is 4.17. The topological polar surface area (TPSA) is 24.9 Å². The van der Waals surface area contributed by atoms with E-state index in [1.54, 1.807) is 13.1 Å². The van der Waals surface area contributed by atoms with Gasteiger partial charge in [-0.1, -0.05) is 6.07 Å².